The number of likely N-dealkylation sites (tertiary alicyclic amines) is 1. The molecule has 0 aliphatic carbocycles. The maximum atomic E-state index is 3.72. The summed E-state index contributed by atoms with van der Waals surface area (Å²) in [7, 11) is 0. The zero-order valence-corrected chi connectivity index (χ0v) is 13.4. The summed E-state index contributed by atoms with van der Waals surface area (Å²) in [6.07, 6.45) is 4.94. The van der Waals surface area contributed by atoms with Crippen LogP contribution in [0.3, 0.4) is 0 Å². The van der Waals surface area contributed by atoms with E-state index in [0.717, 1.165) is 19.1 Å². The van der Waals surface area contributed by atoms with Gasteiger partial charge in [-0.1, -0.05) is 25.5 Å². The molecule has 0 bridgehead atoms. The summed E-state index contributed by atoms with van der Waals surface area (Å²) in [5, 5.41) is 3.72. The largest absolute Gasteiger partial charge is 0.313 e. The van der Waals surface area contributed by atoms with Crippen molar-refractivity contribution in [2.24, 2.45) is 0 Å². The van der Waals surface area contributed by atoms with Gasteiger partial charge in [-0.05, 0) is 52.9 Å². The Balaban J connectivity index is 2.11. The normalized spacial score (nSPS) is 17.9. The maximum Gasteiger partial charge on any atom is 0.0165 e. The first-order valence-electron chi connectivity index (χ1n) is 7.97. The quantitative estimate of drug-likeness (QED) is 0.681. The van der Waals surface area contributed by atoms with E-state index in [9.17, 15) is 0 Å². The average molecular weight is 267 g/mol. The minimum absolute atomic E-state index is 0.735. The summed E-state index contributed by atoms with van der Waals surface area (Å²) < 4.78 is 0. The van der Waals surface area contributed by atoms with Crippen molar-refractivity contribution >= 4 is 0 Å². The fourth-order valence-corrected chi connectivity index (χ4v) is 2.60. The highest BCUT2D eigenvalue weighted by Gasteiger charge is 2.17. The molecule has 0 unspecified atom stereocenters. The molecule has 1 N–H and O–H groups in total. The first-order valence-corrected chi connectivity index (χ1v) is 7.97. The second-order valence-electron chi connectivity index (χ2n) is 5.84. The van der Waals surface area contributed by atoms with Crippen LogP contribution in [-0.2, 0) is 0 Å². The lowest BCUT2D eigenvalue weighted by Gasteiger charge is -2.32. The highest BCUT2D eigenvalue weighted by Crippen LogP contribution is 2.10. The third kappa shape index (κ3) is 7.09. The molecule has 1 heterocycles. The third-order valence-electron chi connectivity index (χ3n) is 4.10. The molecule has 1 aliphatic rings. The average Bonchev–Trinajstić information content (AvgIpc) is 2.42. The Bertz CT molecular complexity index is 247. The molecule has 0 radical (unpaired) electrons. The fourth-order valence-electron chi connectivity index (χ4n) is 2.60. The van der Waals surface area contributed by atoms with E-state index in [0.29, 0.717) is 0 Å². The second kappa shape index (κ2) is 9.51. The number of allylic oxidation sites excluding steroid dienone is 1. The number of likely N-dealkylation sites (N-methyl/N-ethyl adjacent to an activating group) is 1. The van der Waals surface area contributed by atoms with Crippen LogP contribution >= 0.6 is 0 Å². The van der Waals surface area contributed by atoms with Crippen LogP contribution in [0.25, 0.3) is 0 Å². The standard InChI is InChI=1S/C16H33N3/c1-5-18(6-2)14-10-17-16-8-12-19(13-9-16)11-7-15(3)4/h7,16-17H,5-6,8-14H2,1-4H3. The summed E-state index contributed by atoms with van der Waals surface area (Å²) in [6.45, 7) is 17.1. The Morgan fingerprint density at radius 1 is 1.21 bits per heavy atom. The van der Waals surface area contributed by atoms with Crippen molar-refractivity contribution in [2.45, 2.75) is 46.6 Å². The Labute approximate surface area is 120 Å². The van der Waals surface area contributed by atoms with Crippen LogP contribution in [0.1, 0.15) is 40.5 Å². The highest BCUT2D eigenvalue weighted by atomic mass is 15.2. The molecular formula is C16H33N3. The lowest BCUT2D eigenvalue weighted by atomic mass is 10.0. The van der Waals surface area contributed by atoms with Gasteiger partial charge in [-0.15, -0.1) is 0 Å². The minimum Gasteiger partial charge on any atom is -0.313 e. The van der Waals surface area contributed by atoms with Crippen LogP contribution in [0.4, 0.5) is 0 Å². The SMILES string of the molecule is CCN(CC)CCNC1CCN(CC=C(C)C)CC1. The van der Waals surface area contributed by atoms with Gasteiger partial charge in [0.15, 0.2) is 0 Å². The molecule has 3 heteroatoms. The Kier molecular flexibility index (Phi) is 8.35. The molecule has 1 rings (SSSR count). The van der Waals surface area contributed by atoms with Gasteiger partial charge < -0.3 is 10.2 Å². The highest BCUT2D eigenvalue weighted by molar-refractivity contribution is 4.95. The lowest BCUT2D eigenvalue weighted by molar-refractivity contribution is 0.209. The maximum absolute atomic E-state index is 3.72. The Morgan fingerprint density at radius 2 is 1.84 bits per heavy atom. The molecule has 1 aliphatic heterocycles. The van der Waals surface area contributed by atoms with Crippen LogP contribution < -0.4 is 5.32 Å². The van der Waals surface area contributed by atoms with E-state index in [2.05, 4.69) is 48.9 Å². The van der Waals surface area contributed by atoms with Crippen LogP contribution in [0, 0.1) is 0 Å². The van der Waals surface area contributed by atoms with E-state index in [1.165, 1.54) is 51.1 Å². The van der Waals surface area contributed by atoms with Crippen LogP contribution in [0.15, 0.2) is 11.6 Å². The first-order chi connectivity index (χ1) is 9.15. The van der Waals surface area contributed by atoms with Crippen molar-refractivity contribution in [1.82, 2.24) is 15.1 Å². The zero-order chi connectivity index (χ0) is 14.1. The van der Waals surface area contributed by atoms with Gasteiger partial charge >= 0.3 is 0 Å². The second-order valence-corrected chi connectivity index (χ2v) is 5.84. The molecule has 112 valence electrons. The van der Waals surface area contributed by atoms with Crippen LogP contribution in [-0.4, -0.2) is 61.7 Å². The summed E-state index contributed by atoms with van der Waals surface area (Å²) in [5.41, 5.74) is 1.43. The molecular weight excluding hydrogens is 234 g/mol. The van der Waals surface area contributed by atoms with Crippen LogP contribution in [0.2, 0.25) is 0 Å². The molecule has 0 saturated carbocycles. The predicted molar refractivity (Wildman–Crippen MR) is 84.7 cm³/mol. The molecule has 19 heavy (non-hydrogen) atoms. The predicted octanol–water partition coefficient (Wildman–Crippen LogP) is 2.35. The van der Waals surface area contributed by atoms with Gasteiger partial charge in [0.25, 0.3) is 0 Å². The molecule has 0 aromatic heterocycles. The number of nitrogens with zero attached hydrogens (tertiary/aromatic N) is 2. The van der Waals surface area contributed by atoms with Gasteiger partial charge in [-0.3, -0.25) is 4.90 Å². The summed E-state index contributed by atoms with van der Waals surface area (Å²) in [4.78, 5) is 5.05. The number of rotatable bonds is 8. The Hall–Kier alpha value is -0.380. The van der Waals surface area contributed by atoms with E-state index in [4.69, 9.17) is 0 Å². The van der Waals surface area contributed by atoms with Crippen molar-refractivity contribution < 1.29 is 0 Å². The van der Waals surface area contributed by atoms with Gasteiger partial charge in [0.1, 0.15) is 0 Å². The number of piperidine rings is 1. The first kappa shape index (κ1) is 16.7. The summed E-state index contributed by atoms with van der Waals surface area (Å²) >= 11 is 0. The third-order valence-corrected chi connectivity index (χ3v) is 4.10. The van der Waals surface area contributed by atoms with Crippen molar-refractivity contribution in [3.63, 3.8) is 0 Å². The van der Waals surface area contributed by atoms with Gasteiger partial charge in [0.2, 0.25) is 0 Å². The van der Waals surface area contributed by atoms with Crippen molar-refractivity contribution in [2.75, 3.05) is 45.8 Å². The zero-order valence-electron chi connectivity index (χ0n) is 13.4. The number of nitrogens with one attached hydrogen (secondary N) is 1. The monoisotopic (exact) mass is 267 g/mol. The molecule has 0 spiro atoms. The Morgan fingerprint density at radius 3 is 2.37 bits per heavy atom. The number of hydrogen-bond donors (Lipinski definition) is 1. The lowest BCUT2D eigenvalue weighted by Crippen LogP contribution is -2.44. The molecule has 1 fully saturated rings. The number of hydrogen-bond acceptors (Lipinski definition) is 3. The van der Waals surface area contributed by atoms with Gasteiger partial charge in [0, 0.05) is 25.7 Å². The van der Waals surface area contributed by atoms with E-state index in [1.807, 2.05) is 0 Å². The molecule has 0 atom stereocenters. The van der Waals surface area contributed by atoms with Crippen LogP contribution in [0.5, 0.6) is 0 Å². The van der Waals surface area contributed by atoms with Gasteiger partial charge in [-0.25, -0.2) is 0 Å². The molecule has 1 saturated heterocycles. The van der Waals surface area contributed by atoms with Crippen molar-refractivity contribution in [1.29, 1.82) is 0 Å². The molecule has 0 aromatic rings. The minimum atomic E-state index is 0.735. The topological polar surface area (TPSA) is 18.5 Å². The van der Waals surface area contributed by atoms with E-state index >= 15 is 0 Å². The van der Waals surface area contributed by atoms with Gasteiger partial charge in [0.05, 0.1) is 0 Å². The van der Waals surface area contributed by atoms with Crippen molar-refractivity contribution in [3.05, 3.63) is 11.6 Å². The molecule has 3 nitrogen and oxygen atoms in total. The fraction of sp³-hybridized carbons (Fsp3) is 0.875. The van der Waals surface area contributed by atoms with E-state index in [1.54, 1.807) is 0 Å². The van der Waals surface area contributed by atoms with E-state index in [-0.39, 0.29) is 0 Å². The smallest absolute Gasteiger partial charge is 0.0165 e. The molecule has 0 amide bonds. The van der Waals surface area contributed by atoms with Gasteiger partial charge in [-0.2, -0.15) is 0 Å². The molecule has 0 aromatic carbocycles. The summed E-state index contributed by atoms with van der Waals surface area (Å²) in [6, 6.07) is 0.735. The summed E-state index contributed by atoms with van der Waals surface area (Å²) in [5.74, 6) is 0. The van der Waals surface area contributed by atoms with Crippen molar-refractivity contribution in [3.8, 4) is 0 Å². The van der Waals surface area contributed by atoms with E-state index < -0.39 is 0 Å².